The molecule has 2 aromatic carbocycles. The quantitative estimate of drug-likeness (QED) is 0.715. The molecule has 0 radical (unpaired) electrons. The van der Waals surface area contributed by atoms with Crippen LogP contribution in [0.2, 0.25) is 5.02 Å². The Labute approximate surface area is 103 Å². The first-order chi connectivity index (χ1) is 8.31. The molecule has 0 atom stereocenters. The Balaban J connectivity index is 1.94. The van der Waals surface area contributed by atoms with Crippen molar-refractivity contribution in [3.05, 3.63) is 53.6 Å². The zero-order valence-corrected chi connectivity index (χ0v) is 9.70. The summed E-state index contributed by atoms with van der Waals surface area (Å²) in [5.74, 6) is 0.716. The SMILES string of the molecule is Clc1cccc(Nc2nc3ccccc3[nH]2)c1. The van der Waals surface area contributed by atoms with Gasteiger partial charge in [-0.1, -0.05) is 29.8 Å². The van der Waals surface area contributed by atoms with E-state index in [9.17, 15) is 0 Å². The van der Waals surface area contributed by atoms with Crippen molar-refractivity contribution in [2.24, 2.45) is 0 Å². The summed E-state index contributed by atoms with van der Waals surface area (Å²) >= 11 is 5.92. The van der Waals surface area contributed by atoms with Crippen LogP contribution < -0.4 is 5.32 Å². The number of fused-ring (bicyclic) bond motifs is 1. The predicted octanol–water partition coefficient (Wildman–Crippen LogP) is 3.96. The number of para-hydroxylation sites is 2. The van der Waals surface area contributed by atoms with Gasteiger partial charge in [-0.3, -0.25) is 0 Å². The van der Waals surface area contributed by atoms with Crippen LogP contribution in [0.4, 0.5) is 11.6 Å². The highest BCUT2D eigenvalue weighted by Gasteiger charge is 2.01. The lowest BCUT2D eigenvalue weighted by Gasteiger charge is -2.02. The molecular weight excluding hydrogens is 234 g/mol. The van der Waals surface area contributed by atoms with Crippen LogP contribution in [0, 0.1) is 0 Å². The monoisotopic (exact) mass is 243 g/mol. The van der Waals surface area contributed by atoms with Crippen LogP contribution in [0.5, 0.6) is 0 Å². The first-order valence-electron chi connectivity index (χ1n) is 5.28. The van der Waals surface area contributed by atoms with E-state index in [1.807, 2.05) is 48.5 Å². The highest BCUT2D eigenvalue weighted by atomic mass is 35.5. The Hall–Kier alpha value is -2.00. The van der Waals surface area contributed by atoms with Crippen molar-refractivity contribution in [1.82, 2.24) is 9.97 Å². The molecule has 0 saturated carbocycles. The molecule has 0 aliphatic heterocycles. The van der Waals surface area contributed by atoms with Crippen molar-refractivity contribution >= 4 is 34.3 Å². The van der Waals surface area contributed by atoms with Crippen LogP contribution in [0.15, 0.2) is 48.5 Å². The van der Waals surface area contributed by atoms with E-state index in [0.717, 1.165) is 16.7 Å². The van der Waals surface area contributed by atoms with E-state index in [1.54, 1.807) is 0 Å². The summed E-state index contributed by atoms with van der Waals surface area (Å²) in [5, 5.41) is 3.88. The number of anilines is 2. The standard InChI is InChI=1S/C13H10ClN3/c14-9-4-3-5-10(8-9)15-13-16-11-6-1-2-7-12(11)17-13/h1-8H,(H2,15,16,17). The summed E-state index contributed by atoms with van der Waals surface area (Å²) < 4.78 is 0. The average molecular weight is 244 g/mol. The van der Waals surface area contributed by atoms with E-state index >= 15 is 0 Å². The third kappa shape index (κ3) is 2.10. The van der Waals surface area contributed by atoms with Crippen molar-refractivity contribution in [1.29, 1.82) is 0 Å². The van der Waals surface area contributed by atoms with Gasteiger partial charge in [0.25, 0.3) is 0 Å². The molecule has 0 saturated heterocycles. The Kier molecular flexibility index (Phi) is 2.46. The maximum absolute atomic E-state index is 5.92. The number of aromatic amines is 1. The minimum Gasteiger partial charge on any atom is -0.326 e. The maximum Gasteiger partial charge on any atom is 0.205 e. The summed E-state index contributed by atoms with van der Waals surface area (Å²) in [6.45, 7) is 0. The Morgan fingerprint density at radius 2 is 1.94 bits per heavy atom. The minimum atomic E-state index is 0.700. The zero-order chi connectivity index (χ0) is 11.7. The van der Waals surface area contributed by atoms with Gasteiger partial charge in [0.1, 0.15) is 0 Å². The van der Waals surface area contributed by atoms with Crippen LogP contribution in [-0.2, 0) is 0 Å². The molecular formula is C13H10ClN3. The van der Waals surface area contributed by atoms with E-state index in [2.05, 4.69) is 15.3 Å². The number of imidazole rings is 1. The van der Waals surface area contributed by atoms with E-state index < -0.39 is 0 Å². The average Bonchev–Trinajstić information content (AvgIpc) is 2.71. The van der Waals surface area contributed by atoms with Crippen LogP contribution in [-0.4, -0.2) is 9.97 Å². The van der Waals surface area contributed by atoms with Gasteiger partial charge in [-0.2, -0.15) is 0 Å². The zero-order valence-electron chi connectivity index (χ0n) is 8.94. The second-order valence-electron chi connectivity index (χ2n) is 3.74. The highest BCUT2D eigenvalue weighted by Crippen LogP contribution is 2.20. The van der Waals surface area contributed by atoms with Crippen molar-refractivity contribution in [2.75, 3.05) is 5.32 Å². The highest BCUT2D eigenvalue weighted by molar-refractivity contribution is 6.30. The van der Waals surface area contributed by atoms with Crippen LogP contribution in [0.3, 0.4) is 0 Å². The molecule has 0 aliphatic carbocycles. The van der Waals surface area contributed by atoms with Crippen molar-refractivity contribution < 1.29 is 0 Å². The minimum absolute atomic E-state index is 0.700. The molecule has 0 aliphatic rings. The second kappa shape index (κ2) is 4.11. The maximum atomic E-state index is 5.92. The Morgan fingerprint density at radius 3 is 2.76 bits per heavy atom. The summed E-state index contributed by atoms with van der Waals surface area (Å²) in [6.07, 6.45) is 0. The van der Waals surface area contributed by atoms with Crippen molar-refractivity contribution in [3.8, 4) is 0 Å². The molecule has 3 nitrogen and oxygen atoms in total. The largest absolute Gasteiger partial charge is 0.326 e. The molecule has 0 amide bonds. The third-order valence-electron chi connectivity index (χ3n) is 2.48. The first-order valence-corrected chi connectivity index (χ1v) is 5.66. The fourth-order valence-electron chi connectivity index (χ4n) is 1.71. The van der Waals surface area contributed by atoms with E-state index in [4.69, 9.17) is 11.6 Å². The molecule has 4 heteroatoms. The first kappa shape index (κ1) is 10.2. The van der Waals surface area contributed by atoms with Gasteiger partial charge < -0.3 is 10.3 Å². The fourth-order valence-corrected chi connectivity index (χ4v) is 1.91. The normalized spacial score (nSPS) is 10.6. The lowest BCUT2D eigenvalue weighted by molar-refractivity contribution is 1.31. The van der Waals surface area contributed by atoms with Crippen LogP contribution in [0.1, 0.15) is 0 Å². The van der Waals surface area contributed by atoms with Crippen LogP contribution >= 0.6 is 11.6 Å². The predicted molar refractivity (Wildman–Crippen MR) is 70.8 cm³/mol. The van der Waals surface area contributed by atoms with Gasteiger partial charge in [0, 0.05) is 10.7 Å². The van der Waals surface area contributed by atoms with Crippen LogP contribution in [0.25, 0.3) is 11.0 Å². The number of rotatable bonds is 2. The Morgan fingerprint density at radius 1 is 1.06 bits per heavy atom. The topological polar surface area (TPSA) is 40.7 Å². The smallest absolute Gasteiger partial charge is 0.205 e. The molecule has 1 aromatic heterocycles. The lowest BCUT2D eigenvalue weighted by atomic mass is 10.3. The third-order valence-corrected chi connectivity index (χ3v) is 2.71. The molecule has 2 N–H and O–H groups in total. The van der Waals surface area contributed by atoms with E-state index in [-0.39, 0.29) is 0 Å². The summed E-state index contributed by atoms with van der Waals surface area (Å²) in [4.78, 5) is 7.63. The van der Waals surface area contributed by atoms with Crippen molar-refractivity contribution in [3.63, 3.8) is 0 Å². The fraction of sp³-hybridized carbons (Fsp3) is 0. The molecule has 3 aromatic rings. The molecule has 0 unspecified atom stereocenters. The number of nitrogens with one attached hydrogen (secondary N) is 2. The molecule has 1 heterocycles. The molecule has 17 heavy (non-hydrogen) atoms. The second-order valence-corrected chi connectivity index (χ2v) is 4.17. The van der Waals surface area contributed by atoms with Gasteiger partial charge in [0.05, 0.1) is 11.0 Å². The number of nitrogens with zero attached hydrogens (tertiary/aromatic N) is 1. The van der Waals surface area contributed by atoms with Gasteiger partial charge in [-0.05, 0) is 30.3 Å². The number of hydrogen-bond donors (Lipinski definition) is 2. The number of halogens is 1. The number of H-pyrrole nitrogens is 1. The van der Waals surface area contributed by atoms with Gasteiger partial charge in [-0.15, -0.1) is 0 Å². The summed E-state index contributed by atoms with van der Waals surface area (Å²) in [6, 6.07) is 15.4. The molecule has 0 spiro atoms. The van der Waals surface area contributed by atoms with Crippen molar-refractivity contribution in [2.45, 2.75) is 0 Å². The summed E-state index contributed by atoms with van der Waals surface area (Å²) in [7, 11) is 0. The van der Waals surface area contributed by atoms with Gasteiger partial charge >= 0.3 is 0 Å². The van der Waals surface area contributed by atoms with Gasteiger partial charge in [0.15, 0.2) is 0 Å². The number of benzene rings is 2. The molecule has 0 fully saturated rings. The Bertz CT molecular complexity index is 627. The molecule has 0 bridgehead atoms. The van der Waals surface area contributed by atoms with E-state index in [0.29, 0.717) is 11.0 Å². The number of aromatic nitrogens is 2. The number of hydrogen-bond acceptors (Lipinski definition) is 2. The summed E-state index contributed by atoms with van der Waals surface area (Å²) in [5.41, 5.74) is 2.87. The van der Waals surface area contributed by atoms with Gasteiger partial charge in [0.2, 0.25) is 5.95 Å². The molecule has 3 rings (SSSR count). The van der Waals surface area contributed by atoms with E-state index in [1.165, 1.54) is 0 Å². The molecule has 84 valence electrons. The van der Waals surface area contributed by atoms with Gasteiger partial charge in [-0.25, -0.2) is 4.98 Å². The lowest BCUT2D eigenvalue weighted by Crippen LogP contribution is -1.91.